The predicted octanol–water partition coefficient (Wildman–Crippen LogP) is 1.01. The van der Waals surface area contributed by atoms with E-state index in [9.17, 15) is 4.79 Å². The molecule has 0 atom stereocenters. The molecule has 0 saturated carbocycles. The molecule has 2 aromatic rings. The Morgan fingerprint density at radius 1 is 1.50 bits per heavy atom. The van der Waals surface area contributed by atoms with Crippen LogP contribution in [0.4, 0.5) is 0 Å². The quantitative estimate of drug-likeness (QED) is 0.875. The van der Waals surface area contributed by atoms with E-state index in [2.05, 4.69) is 22.1 Å². The lowest BCUT2D eigenvalue weighted by atomic mass is 10.1. The second-order valence-corrected chi connectivity index (χ2v) is 4.55. The molecule has 0 bridgehead atoms. The Hall–Kier alpha value is -1.95. The van der Waals surface area contributed by atoms with Crippen molar-refractivity contribution < 1.29 is 9.90 Å². The molecule has 6 heteroatoms. The molecule has 1 aliphatic rings. The summed E-state index contributed by atoms with van der Waals surface area (Å²) in [6.07, 6.45) is 0. The van der Waals surface area contributed by atoms with E-state index in [0.717, 1.165) is 30.7 Å². The zero-order valence-corrected chi connectivity index (χ0v) is 10.1. The van der Waals surface area contributed by atoms with Gasteiger partial charge in [-0.15, -0.1) is 5.10 Å². The van der Waals surface area contributed by atoms with E-state index in [1.165, 1.54) is 0 Å². The summed E-state index contributed by atoms with van der Waals surface area (Å²) in [5.74, 6) is -0.923. The van der Waals surface area contributed by atoms with Gasteiger partial charge in [0.2, 0.25) is 0 Å². The van der Waals surface area contributed by atoms with E-state index >= 15 is 0 Å². The number of carboxylic acid groups (broad SMARTS) is 1. The van der Waals surface area contributed by atoms with E-state index in [1.54, 1.807) is 18.2 Å². The number of likely N-dealkylation sites (N-methyl/N-ethyl adjacent to an activating group) is 1. The van der Waals surface area contributed by atoms with Crippen LogP contribution in [-0.2, 0) is 0 Å². The van der Waals surface area contributed by atoms with Crippen LogP contribution in [0.3, 0.4) is 0 Å². The van der Waals surface area contributed by atoms with Crippen molar-refractivity contribution in [3.8, 4) is 0 Å². The van der Waals surface area contributed by atoms with E-state index in [4.69, 9.17) is 5.11 Å². The predicted molar refractivity (Wildman–Crippen MR) is 65.6 cm³/mol. The molecule has 1 aliphatic heterocycles. The minimum atomic E-state index is -0.923. The summed E-state index contributed by atoms with van der Waals surface area (Å²) in [5, 5.41) is 17.2. The van der Waals surface area contributed by atoms with Crippen LogP contribution in [-0.4, -0.2) is 50.6 Å². The molecule has 0 aliphatic carbocycles. The third kappa shape index (κ3) is 1.65. The molecule has 2 heterocycles. The molecule has 18 heavy (non-hydrogen) atoms. The number of carbonyl (C=O) groups is 1. The minimum Gasteiger partial charge on any atom is -0.478 e. The number of hydrogen-bond donors (Lipinski definition) is 1. The van der Waals surface area contributed by atoms with Gasteiger partial charge >= 0.3 is 5.97 Å². The first-order valence-electron chi connectivity index (χ1n) is 5.99. The summed E-state index contributed by atoms with van der Waals surface area (Å²) in [4.78, 5) is 13.3. The second-order valence-electron chi connectivity index (χ2n) is 4.55. The maximum Gasteiger partial charge on any atom is 0.335 e. The van der Waals surface area contributed by atoms with Crippen molar-refractivity contribution in [1.29, 1.82) is 0 Å². The van der Waals surface area contributed by atoms with Gasteiger partial charge in [0, 0.05) is 13.1 Å². The lowest BCUT2D eigenvalue weighted by Gasteiger charge is -2.38. The molecule has 6 nitrogen and oxygen atoms in total. The summed E-state index contributed by atoms with van der Waals surface area (Å²) in [7, 11) is 0. The Morgan fingerprint density at radius 2 is 2.28 bits per heavy atom. The largest absolute Gasteiger partial charge is 0.478 e. The standard InChI is InChI=1S/C12H14N4O2/c1-2-15-6-9(7-15)16-11-5-8(12(17)18)3-4-10(11)13-14-16/h3-5,9H,2,6-7H2,1H3,(H,17,18). The third-order valence-corrected chi connectivity index (χ3v) is 3.45. The summed E-state index contributed by atoms with van der Waals surface area (Å²) >= 11 is 0. The van der Waals surface area contributed by atoms with Crippen molar-refractivity contribution in [2.75, 3.05) is 19.6 Å². The van der Waals surface area contributed by atoms with Crippen LogP contribution in [0.25, 0.3) is 11.0 Å². The first-order chi connectivity index (χ1) is 8.69. The lowest BCUT2D eigenvalue weighted by molar-refractivity contribution is 0.0697. The molecule has 1 saturated heterocycles. The van der Waals surface area contributed by atoms with Crippen LogP contribution < -0.4 is 0 Å². The van der Waals surface area contributed by atoms with Gasteiger partial charge in [0.15, 0.2) is 0 Å². The van der Waals surface area contributed by atoms with Crippen LogP contribution in [0.15, 0.2) is 18.2 Å². The van der Waals surface area contributed by atoms with Gasteiger partial charge in [0.25, 0.3) is 0 Å². The van der Waals surface area contributed by atoms with Gasteiger partial charge in [-0.3, -0.25) is 4.90 Å². The number of rotatable bonds is 3. The molecule has 0 unspecified atom stereocenters. The van der Waals surface area contributed by atoms with Crippen LogP contribution >= 0.6 is 0 Å². The highest BCUT2D eigenvalue weighted by molar-refractivity contribution is 5.92. The molecule has 1 aromatic carbocycles. The van der Waals surface area contributed by atoms with Gasteiger partial charge in [-0.1, -0.05) is 12.1 Å². The van der Waals surface area contributed by atoms with Gasteiger partial charge in [0.05, 0.1) is 17.1 Å². The number of hydrogen-bond acceptors (Lipinski definition) is 4. The number of fused-ring (bicyclic) bond motifs is 1. The fourth-order valence-corrected chi connectivity index (χ4v) is 2.29. The van der Waals surface area contributed by atoms with Gasteiger partial charge in [-0.05, 0) is 24.7 Å². The Kier molecular flexibility index (Phi) is 2.52. The van der Waals surface area contributed by atoms with E-state index in [-0.39, 0.29) is 5.56 Å². The molecule has 1 fully saturated rings. The monoisotopic (exact) mass is 246 g/mol. The topological polar surface area (TPSA) is 71.2 Å². The lowest BCUT2D eigenvalue weighted by Crippen LogP contribution is -2.47. The van der Waals surface area contributed by atoms with Gasteiger partial charge in [-0.2, -0.15) is 0 Å². The molecule has 0 spiro atoms. The first kappa shape index (κ1) is 11.2. The third-order valence-electron chi connectivity index (χ3n) is 3.45. The normalized spacial score (nSPS) is 16.9. The highest BCUT2D eigenvalue weighted by atomic mass is 16.4. The first-order valence-corrected chi connectivity index (χ1v) is 5.99. The smallest absolute Gasteiger partial charge is 0.335 e. The summed E-state index contributed by atoms with van der Waals surface area (Å²) in [6, 6.07) is 5.21. The SMILES string of the molecule is CCN1CC(n2nnc3ccc(C(=O)O)cc32)C1. The fourth-order valence-electron chi connectivity index (χ4n) is 2.29. The van der Waals surface area contributed by atoms with Gasteiger partial charge in [0.1, 0.15) is 5.52 Å². The highest BCUT2D eigenvalue weighted by Crippen LogP contribution is 2.24. The Balaban J connectivity index is 1.97. The van der Waals surface area contributed by atoms with Gasteiger partial charge < -0.3 is 5.11 Å². The van der Waals surface area contributed by atoms with Crippen molar-refractivity contribution in [1.82, 2.24) is 19.9 Å². The van der Waals surface area contributed by atoms with Crippen molar-refractivity contribution in [3.05, 3.63) is 23.8 Å². The Labute approximate surface area is 104 Å². The maximum atomic E-state index is 11.0. The molecule has 94 valence electrons. The molecule has 0 amide bonds. The number of aromatic nitrogens is 3. The maximum absolute atomic E-state index is 11.0. The molecule has 1 aromatic heterocycles. The zero-order chi connectivity index (χ0) is 12.7. The fraction of sp³-hybridized carbons (Fsp3) is 0.417. The molecule has 1 N–H and O–H groups in total. The van der Waals surface area contributed by atoms with Crippen molar-refractivity contribution >= 4 is 17.0 Å². The number of likely N-dealkylation sites (tertiary alicyclic amines) is 1. The summed E-state index contributed by atoms with van der Waals surface area (Å²) in [6.45, 7) is 5.06. The van der Waals surface area contributed by atoms with Crippen LogP contribution in [0.5, 0.6) is 0 Å². The number of carboxylic acids is 1. The average Bonchev–Trinajstić information content (AvgIpc) is 2.71. The second kappa shape index (κ2) is 4.06. The Bertz CT molecular complexity index is 601. The molecule has 3 rings (SSSR count). The van der Waals surface area contributed by atoms with Gasteiger partial charge in [-0.25, -0.2) is 9.48 Å². The average molecular weight is 246 g/mol. The summed E-state index contributed by atoms with van der Waals surface area (Å²) < 4.78 is 1.84. The zero-order valence-electron chi connectivity index (χ0n) is 10.1. The van der Waals surface area contributed by atoms with E-state index in [1.807, 2.05) is 4.68 Å². The minimum absolute atomic E-state index is 0.276. The Morgan fingerprint density at radius 3 is 2.94 bits per heavy atom. The molecular weight excluding hydrogens is 232 g/mol. The van der Waals surface area contributed by atoms with Crippen molar-refractivity contribution in [2.45, 2.75) is 13.0 Å². The van der Waals surface area contributed by atoms with E-state index < -0.39 is 5.97 Å². The number of aromatic carboxylic acids is 1. The molecule has 0 radical (unpaired) electrons. The van der Waals surface area contributed by atoms with Crippen LogP contribution in [0.2, 0.25) is 0 Å². The van der Waals surface area contributed by atoms with Crippen LogP contribution in [0, 0.1) is 0 Å². The van der Waals surface area contributed by atoms with Crippen LogP contribution in [0.1, 0.15) is 23.3 Å². The van der Waals surface area contributed by atoms with Crippen molar-refractivity contribution in [3.63, 3.8) is 0 Å². The number of benzene rings is 1. The van der Waals surface area contributed by atoms with Crippen molar-refractivity contribution in [2.24, 2.45) is 0 Å². The highest BCUT2D eigenvalue weighted by Gasteiger charge is 2.28. The summed E-state index contributed by atoms with van der Waals surface area (Å²) in [5.41, 5.74) is 1.82. The van der Waals surface area contributed by atoms with E-state index in [0.29, 0.717) is 6.04 Å². The molecular formula is C12H14N4O2. The number of nitrogens with zero attached hydrogens (tertiary/aromatic N) is 4.